The number of aliphatic hydroxyl groups is 1. The van der Waals surface area contributed by atoms with Crippen LogP contribution in [-0.2, 0) is 14.8 Å². The van der Waals surface area contributed by atoms with E-state index in [2.05, 4.69) is 18.6 Å². The minimum atomic E-state index is -3.49. The van der Waals surface area contributed by atoms with Crippen molar-refractivity contribution >= 4 is 10.0 Å². The van der Waals surface area contributed by atoms with Crippen molar-refractivity contribution in [3.63, 3.8) is 0 Å². The van der Waals surface area contributed by atoms with E-state index in [1.165, 1.54) is 0 Å². The van der Waals surface area contributed by atoms with Crippen LogP contribution in [0.1, 0.15) is 31.7 Å². The standard InChI is InChI=1S/C14H23NO4S/c1-3-12(2)13-4-6-14(7-5-13)20(17,18)15-8-10-19-11-9-16/h4-7,12,15-16H,3,8-11H2,1-2H3. The van der Waals surface area contributed by atoms with Gasteiger partial charge in [0.15, 0.2) is 0 Å². The normalized spacial score (nSPS) is 13.3. The van der Waals surface area contributed by atoms with Crippen LogP contribution in [0, 0.1) is 0 Å². The number of sulfonamides is 1. The van der Waals surface area contributed by atoms with Gasteiger partial charge in [-0.25, -0.2) is 13.1 Å². The van der Waals surface area contributed by atoms with Crippen LogP contribution in [0.25, 0.3) is 0 Å². The fraction of sp³-hybridized carbons (Fsp3) is 0.571. The van der Waals surface area contributed by atoms with Gasteiger partial charge in [-0.15, -0.1) is 0 Å². The molecular weight excluding hydrogens is 278 g/mol. The number of nitrogens with one attached hydrogen (secondary N) is 1. The lowest BCUT2D eigenvalue weighted by Crippen LogP contribution is -2.27. The van der Waals surface area contributed by atoms with E-state index in [1.807, 2.05) is 12.1 Å². The third-order valence-corrected chi connectivity index (χ3v) is 4.62. The van der Waals surface area contributed by atoms with Crippen LogP contribution in [0.3, 0.4) is 0 Å². The van der Waals surface area contributed by atoms with Crippen molar-refractivity contribution in [1.29, 1.82) is 0 Å². The second kappa shape index (κ2) is 8.36. The molecule has 1 aromatic rings. The van der Waals surface area contributed by atoms with Crippen LogP contribution in [0.5, 0.6) is 0 Å². The number of rotatable bonds is 9. The summed E-state index contributed by atoms with van der Waals surface area (Å²) in [5, 5.41) is 8.53. The number of aliphatic hydroxyl groups excluding tert-OH is 1. The van der Waals surface area contributed by atoms with Gasteiger partial charge in [0.2, 0.25) is 10.0 Å². The van der Waals surface area contributed by atoms with Gasteiger partial charge in [-0.2, -0.15) is 0 Å². The van der Waals surface area contributed by atoms with Gasteiger partial charge in [-0.05, 0) is 30.0 Å². The molecule has 5 nitrogen and oxygen atoms in total. The van der Waals surface area contributed by atoms with Gasteiger partial charge >= 0.3 is 0 Å². The molecular formula is C14H23NO4S. The molecule has 0 saturated heterocycles. The summed E-state index contributed by atoms with van der Waals surface area (Å²) in [6.45, 7) is 4.79. The highest BCUT2D eigenvalue weighted by atomic mass is 32.2. The Labute approximate surface area is 121 Å². The van der Waals surface area contributed by atoms with Crippen molar-refractivity contribution < 1.29 is 18.3 Å². The zero-order valence-electron chi connectivity index (χ0n) is 12.0. The third kappa shape index (κ3) is 5.20. The van der Waals surface area contributed by atoms with Crippen molar-refractivity contribution in [3.8, 4) is 0 Å². The fourth-order valence-electron chi connectivity index (χ4n) is 1.71. The smallest absolute Gasteiger partial charge is 0.240 e. The lowest BCUT2D eigenvalue weighted by Gasteiger charge is -2.11. The molecule has 1 unspecified atom stereocenters. The largest absolute Gasteiger partial charge is 0.394 e. The fourth-order valence-corrected chi connectivity index (χ4v) is 2.72. The number of benzene rings is 1. The van der Waals surface area contributed by atoms with Crippen molar-refractivity contribution in [2.45, 2.75) is 31.1 Å². The summed E-state index contributed by atoms with van der Waals surface area (Å²) in [4.78, 5) is 0.256. The second-order valence-electron chi connectivity index (χ2n) is 4.61. The molecule has 0 aliphatic heterocycles. The molecule has 20 heavy (non-hydrogen) atoms. The SMILES string of the molecule is CCC(C)c1ccc(S(=O)(=O)NCCOCCO)cc1. The predicted molar refractivity (Wildman–Crippen MR) is 78.2 cm³/mol. The van der Waals surface area contributed by atoms with Gasteiger partial charge < -0.3 is 9.84 Å². The van der Waals surface area contributed by atoms with E-state index in [0.717, 1.165) is 12.0 Å². The van der Waals surface area contributed by atoms with E-state index in [-0.39, 0.29) is 31.3 Å². The molecule has 0 aromatic heterocycles. The molecule has 1 aromatic carbocycles. The average Bonchev–Trinajstić information content (AvgIpc) is 2.46. The van der Waals surface area contributed by atoms with Crippen LogP contribution in [0.15, 0.2) is 29.2 Å². The molecule has 1 atom stereocenters. The first-order chi connectivity index (χ1) is 9.51. The lowest BCUT2D eigenvalue weighted by molar-refractivity contribution is 0.0961. The first kappa shape index (κ1) is 17.1. The Morgan fingerprint density at radius 2 is 1.90 bits per heavy atom. The first-order valence-electron chi connectivity index (χ1n) is 6.79. The Morgan fingerprint density at radius 3 is 2.45 bits per heavy atom. The molecule has 0 spiro atoms. The predicted octanol–water partition coefficient (Wildman–Crippen LogP) is 1.49. The van der Waals surface area contributed by atoms with Gasteiger partial charge in [0.05, 0.1) is 24.7 Å². The zero-order chi connectivity index (χ0) is 15.0. The average molecular weight is 301 g/mol. The summed E-state index contributed by atoms with van der Waals surface area (Å²) < 4.78 is 31.5. The Bertz CT molecular complexity index is 484. The molecule has 0 fully saturated rings. The number of ether oxygens (including phenoxy) is 1. The van der Waals surface area contributed by atoms with Gasteiger partial charge in [-0.1, -0.05) is 26.0 Å². The van der Waals surface area contributed by atoms with E-state index in [1.54, 1.807) is 12.1 Å². The topological polar surface area (TPSA) is 75.6 Å². The maximum absolute atomic E-state index is 12.0. The molecule has 0 aliphatic carbocycles. The van der Waals surface area contributed by atoms with Gasteiger partial charge in [0.25, 0.3) is 0 Å². The van der Waals surface area contributed by atoms with Crippen molar-refractivity contribution in [1.82, 2.24) is 4.72 Å². The van der Waals surface area contributed by atoms with Crippen molar-refractivity contribution in [3.05, 3.63) is 29.8 Å². The molecule has 6 heteroatoms. The van der Waals surface area contributed by atoms with Crippen LogP contribution in [0.2, 0.25) is 0 Å². The molecule has 0 aliphatic rings. The number of hydrogen-bond acceptors (Lipinski definition) is 4. The minimum absolute atomic E-state index is 0.0656. The monoisotopic (exact) mass is 301 g/mol. The molecule has 0 radical (unpaired) electrons. The van der Waals surface area contributed by atoms with Crippen LogP contribution < -0.4 is 4.72 Å². The number of hydrogen-bond donors (Lipinski definition) is 2. The molecule has 0 heterocycles. The summed E-state index contributed by atoms with van der Waals surface area (Å²) in [6.07, 6.45) is 1.02. The Hall–Kier alpha value is -0.950. The van der Waals surface area contributed by atoms with Crippen LogP contribution in [-0.4, -0.2) is 39.9 Å². The summed E-state index contributed by atoms with van der Waals surface area (Å²) in [5.41, 5.74) is 1.14. The maximum atomic E-state index is 12.0. The molecule has 2 N–H and O–H groups in total. The van der Waals surface area contributed by atoms with Gasteiger partial charge in [-0.3, -0.25) is 0 Å². The van der Waals surface area contributed by atoms with E-state index in [9.17, 15) is 8.42 Å². The van der Waals surface area contributed by atoms with E-state index >= 15 is 0 Å². The molecule has 0 bridgehead atoms. The minimum Gasteiger partial charge on any atom is -0.394 e. The highest BCUT2D eigenvalue weighted by Crippen LogP contribution is 2.20. The van der Waals surface area contributed by atoms with Gasteiger partial charge in [0.1, 0.15) is 0 Å². The highest BCUT2D eigenvalue weighted by Gasteiger charge is 2.13. The molecule has 1 rings (SSSR count). The third-order valence-electron chi connectivity index (χ3n) is 3.15. The van der Waals surface area contributed by atoms with Gasteiger partial charge in [0, 0.05) is 6.54 Å². The second-order valence-corrected chi connectivity index (χ2v) is 6.38. The van der Waals surface area contributed by atoms with Crippen molar-refractivity contribution in [2.75, 3.05) is 26.4 Å². The Kier molecular flexibility index (Phi) is 7.15. The Balaban J connectivity index is 2.59. The summed E-state index contributed by atoms with van der Waals surface area (Å²) in [7, 11) is -3.49. The van der Waals surface area contributed by atoms with Crippen LogP contribution in [0.4, 0.5) is 0 Å². The zero-order valence-corrected chi connectivity index (χ0v) is 12.8. The quantitative estimate of drug-likeness (QED) is 0.678. The molecule has 0 amide bonds. The van der Waals surface area contributed by atoms with E-state index in [4.69, 9.17) is 9.84 Å². The van der Waals surface area contributed by atoms with Crippen molar-refractivity contribution in [2.24, 2.45) is 0 Å². The highest BCUT2D eigenvalue weighted by molar-refractivity contribution is 7.89. The van der Waals surface area contributed by atoms with E-state index in [0.29, 0.717) is 5.92 Å². The van der Waals surface area contributed by atoms with E-state index < -0.39 is 10.0 Å². The molecule has 0 saturated carbocycles. The summed E-state index contributed by atoms with van der Waals surface area (Å²) in [5.74, 6) is 0.423. The lowest BCUT2D eigenvalue weighted by atomic mass is 9.99. The maximum Gasteiger partial charge on any atom is 0.240 e. The summed E-state index contributed by atoms with van der Waals surface area (Å²) >= 11 is 0. The first-order valence-corrected chi connectivity index (χ1v) is 8.27. The Morgan fingerprint density at radius 1 is 1.25 bits per heavy atom. The summed E-state index contributed by atoms with van der Waals surface area (Å²) in [6, 6.07) is 6.95. The van der Waals surface area contributed by atoms with Crippen LogP contribution >= 0.6 is 0 Å². The molecule has 114 valence electrons.